The number of esters is 1. The van der Waals surface area contributed by atoms with Gasteiger partial charge in [-0.05, 0) is 36.4 Å². The summed E-state index contributed by atoms with van der Waals surface area (Å²) in [6, 6.07) is 21.2. The monoisotopic (exact) mass is 574 g/mol. The first-order chi connectivity index (χ1) is 19.9. The van der Waals surface area contributed by atoms with E-state index in [0.717, 1.165) is 18.7 Å². The molecule has 1 aliphatic heterocycles. The number of nitrogens with one attached hydrogen (secondary N) is 2. The number of aromatic hydroxyl groups is 1. The molecule has 2 heterocycles. The Morgan fingerprint density at radius 2 is 1.71 bits per heavy atom. The molecular weight excluding hydrogens is 544 g/mol. The number of carbonyl (C=O) groups excluding carboxylic acids is 2. The molecule has 0 saturated carbocycles. The van der Waals surface area contributed by atoms with Gasteiger partial charge in [-0.15, -0.1) is 0 Å². The molecule has 3 N–H and O–H groups in total. The Morgan fingerprint density at radius 3 is 2.41 bits per heavy atom. The largest absolute Gasteiger partial charge is 0.494 e. The molecule has 1 aliphatic rings. The summed E-state index contributed by atoms with van der Waals surface area (Å²) in [5, 5.41) is 11.6. The van der Waals surface area contributed by atoms with Crippen LogP contribution >= 0.6 is 0 Å². The van der Waals surface area contributed by atoms with Crippen molar-refractivity contribution in [1.82, 2.24) is 15.4 Å². The Kier molecular flexibility index (Phi) is 8.88. The maximum atomic E-state index is 12.6. The van der Waals surface area contributed by atoms with Crippen molar-refractivity contribution in [2.24, 2.45) is 4.99 Å². The van der Waals surface area contributed by atoms with Crippen molar-refractivity contribution in [3.05, 3.63) is 95.1 Å². The number of rotatable bonds is 9. The van der Waals surface area contributed by atoms with Crippen molar-refractivity contribution in [3.8, 4) is 5.88 Å². The normalized spacial score (nSPS) is 14.7. The van der Waals surface area contributed by atoms with Crippen LogP contribution in [0.15, 0.2) is 77.8 Å². The van der Waals surface area contributed by atoms with E-state index in [2.05, 4.69) is 15.4 Å². The van der Waals surface area contributed by atoms with Crippen molar-refractivity contribution < 1.29 is 28.5 Å². The molecule has 1 amide bonds. The highest BCUT2D eigenvalue weighted by Crippen LogP contribution is 2.32. The van der Waals surface area contributed by atoms with E-state index in [9.17, 15) is 18.9 Å². The highest BCUT2D eigenvalue weighted by molar-refractivity contribution is 7.85. The van der Waals surface area contributed by atoms with Crippen LogP contribution in [-0.4, -0.2) is 81.6 Å². The number of ether oxygens (including phenoxy) is 1. The fourth-order valence-electron chi connectivity index (χ4n) is 4.59. The molecule has 212 valence electrons. The van der Waals surface area contributed by atoms with E-state index < -0.39 is 16.8 Å². The first-order valence-electron chi connectivity index (χ1n) is 13.1. The molecule has 1 saturated heterocycles. The molecule has 41 heavy (non-hydrogen) atoms. The van der Waals surface area contributed by atoms with Crippen molar-refractivity contribution >= 4 is 45.0 Å². The third-order valence-corrected chi connectivity index (χ3v) is 8.07. The zero-order valence-electron chi connectivity index (χ0n) is 22.5. The van der Waals surface area contributed by atoms with Gasteiger partial charge in [-0.1, -0.05) is 36.4 Å². The molecule has 0 spiro atoms. The van der Waals surface area contributed by atoms with Crippen LogP contribution in [0.4, 0.5) is 5.69 Å². The van der Waals surface area contributed by atoms with Crippen LogP contribution < -0.4 is 5.48 Å². The standard InChI is InChI=1S/C30H30N4O6S/c1-39-30(37)22-9-12-24-25(19-22)32-29(36)26(24)27(20-5-3-2-4-6-20)31-23-10-7-21(8-11-23)28(35)33-40-16-13-34-14-17-41(38)18-15-34/h2-12,19,32,36H,13-18H2,1H3,(H,33,35). The number of hydroxylamine groups is 1. The molecule has 0 atom stereocenters. The SMILES string of the molecule is COC(=O)c1ccc2c(C(=Nc3ccc(C(=O)NOCCN4CCS(=O)CC4)cc3)c3ccccc3)c(O)[nH]c2c1. The smallest absolute Gasteiger partial charge is 0.337 e. The Hall–Kier alpha value is -4.32. The van der Waals surface area contributed by atoms with Gasteiger partial charge in [-0.3, -0.25) is 18.7 Å². The second-order valence-corrected chi connectivity index (χ2v) is 11.1. The topological polar surface area (TPSA) is 133 Å². The fraction of sp³-hybridized carbons (Fsp3) is 0.233. The van der Waals surface area contributed by atoms with Crippen LogP contribution in [0.3, 0.4) is 0 Å². The van der Waals surface area contributed by atoms with E-state index in [-0.39, 0.29) is 11.8 Å². The van der Waals surface area contributed by atoms with E-state index in [0.29, 0.717) is 63.6 Å². The van der Waals surface area contributed by atoms with E-state index in [4.69, 9.17) is 14.6 Å². The van der Waals surface area contributed by atoms with Crippen LogP contribution in [0.25, 0.3) is 10.9 Å². The molecule has 10 nitrogen and oxygen atoms in total. The zero-order valence-corrected chi connectivity index (χ0v) is 23.3. The van der Waals surface area contributed by atoms with E-state index in [1.807, 2.05) is 30.3 Å². The van der Waals surface area contributed by atoms with Crippen LogP contribution in [0.5, 0.6) is 5.88 Å². The number of aromatic amines is 1. The summed E-state index contributed by atoms with van der Waals surface area (Å²) in [4.78, 5) is 39.9. The number of nitrogens with zero attached hydrogens (tertiary/aromatic N) is 2. The summed E-state index contributed by atoms with van der Waals surface area (Å²) in [7, 11) is 0.586. The lowest BCUT2D eigenvalue weighted by Crippen LogP contribution is -2.40. The molecule has 1 aromatic heterocycles. The van der Waals surface area contributed by atoms with E-state index in [1.54, 1.807) is 42.5 Å². The number of aromatic nitrogens is 1. The van der Waals surface area contributed by atoms with Gasteiger partial charge in [0.1, 0.15) is 0 Å². The maximum Gasteiger partial charge on any atom is 0.337 e. The lowest BCUT2D eigenvalue weighted by atomic mass is 10.00. The average Bonchev–Trinajstić information content (AvgIpc) is 3.33. The molecule has 0 radical (unpaired) electrons. The van der Waals surface area contributed by atoms with E-state index >= 15 is 0 Å². The summed E-state index contributed by atoms with van der Waals surface area (Å²) in [5.74, 6) is 0.400. The lowest BCUT2D eigenvalue weighted by molar-refractivity contribution is 0.0232. The minimum atomic E-state index is -0.728. The van der Waals surface area contributed by atoms with Gasteiger partial charge in [0.2, 0.25) is 0 Å². The third-order valence-electron chi connectivity index (χ3n) is 6.80. The number of methoxy groups -OCH3 is 1. The Morgan fingerprint density at radius 1 is 1.00 bits per heavy atom. The molecular formula is C30H30N4O6S. The van der Waals surface area contributed by atoms with Gasteiger partial charge in [-0.2, -0.15) is 0 Å². The number of benzene rings is 3. The van der Waals surface area contributed by atoms with E-state index in [1.165, 1.54) is 7.11 Å². The zero-order chi connectivity index (χ0) is 28.8. The highest BCUT2D eigenvalue weighted by Gasteiger charge is 2.20. The minimum absolute atomic E-state index is 0.0874. The first kappa shape index (κ1) is 28.2. The summed E-state index contributed by atoms with van der Waals surface area (Å²) >= 11 is 0. The number of hydrogen-bond acceptors (Lipinski definition) is 8. The molecule has 5 rings (SSSR count). The van der Waals surface area contributed by atoms with Gasteiger partial charge < -0.3 is 14.8 Å². The van der Waals surface area contributed by atoms with Gasteiger partial charge >= 0.3 is 5.97 Å². The van der Waals surface area contributed by atoms with Crippen LogP contribution in [0, 0.1) is 0 Å². The second-order valence-electron chi connectivity index (χ2n) is 9.44. The number of H-pyrrole nitrogens is 1. The number of fused-ring (bicyclic) bond motifs is 1. The highest BCUT2D eigenvalue weighted by atomic mass is 32.2. The number of carbonyl (C=O) groups is 2. The molecule has 0 aliphatic carbocycles. The van der Waals surface area contributed by atoms with Crippen LogP contribution in [0.1, 0.15) is 31.8 Å². The van der Waals surface area contributed by atoms with Crippen molar-refractivity contribution in [3.63, 3.8) is 0 Å². The van der Waals surface area contributed by atoms with Crippen molar-refractivity contribution in [2.75, 3.05) is 44.9 Å². The first-order valence-corrected chi connectivity index (χ1v) is 14.6. The molecule has 0 bridgehead atoms. The summed E-state index contributed by atoms with van der Waals surface area (Å²) in [5.41, 5.74) is 6.14. The predicted octanol–water partition coefficient (Wildman–Crippen LogP) is 3.55. The van der Waals surface area contributed by atoms with Gasteiger partial charge in [0.05, 0.1) is 36.2 Å². The Labute approximate surface area is 239 Å². The minimum Gasteiger partial charge on any atom is -0.494 e. The Bertz CT molecular complexity index is 1590. The number of aliphatic imine (C=N–C) groups is 1. The third kappa shape index (κ3) is 6.71. The average molecular weight is 575 g/mol. The van der Waals surface area contributed by atoms with Crippen molar-refractivity contribution in [2.45, 2.75) is 0 Å². The quantitative estimate of drug-likeness (QED) is 0.121. The molecule has 3 aromatic carbocycles. The maximum absolute atomic E-state index is 12.6. The van der Waals surface area contributed by atoms with Gasteiger partial charge in [0.15, 0.2) is 5.88 Å². The van der Waals surface area contributed by atoms with Crippen molar-refractivity contribution in [1.29, 1.82) is 0 Å². The molecule has 1 fully saturated rings. The van der Waals surface area contributed by atoms with Crippen LogP contribution in [-0.2, 0) is 20.4 Å². The lowest BCUT2D eigenvalue weighted by Gasteiger charge is -2.25. The Balaban J connectivity index is 1.34. The number of hydrogen-bond donors (Lipinski definition) is 3. The summed E-state index contributed by atoms with van der Waals surface area (Å²) < 4.78 is 16.3. The van der Waals surface area contributed by atoms with Crippen LogP contribution in [0.2, 0.25) is 0 Å². The predicted molar refractivity (Wildman–Crippen MR) is 157 cm³/mol. The molecule has 11 heteroatoms. The fourth-order valence-corrected chi connectivity index (χ4v) is 5.72. The molecule has 4 aromatic rings. The van der Waals surface area contributed by atoms with Gasteiger partial charge in [0.25, 0.3) is 5.91 Å². The molecule has 0 unspecified atom stereocenters. The van der Waals surface area contributed by atoms with Gasteiger partial charge in [0, 0.05) is 64.0 Å². The summed E-state index contributed by atoms with van der Waals surface area (Å²) in [6.45, 7) is 2.51. The second kappa shape index (κ2) is 12.9. The summed E-state index contributed by atoms with van der Waals surface area (Å²) in [6.07, 6.45) is 0. The number of amides is 1. The van der Waals surface area contributed by atoms with Gasteiger partial charge in [-0.25, -0.2) is 15.3 Å².